The molecule has 2 rings (SSSR count). The van der Waals surface area contributed by atoms with Crippen LogP contribution in [0.2, 0.25) is 0 Å². The van der Waals surface area contributed by atoms with Crippen molar-refractivity contribution in [3.05, 3.63) is 29.6 Å². The summed E-state index contributed by atoms with van der Waals surface area (Å²) in [6, 6.07) is 3.14. The molecule has 1 fully saturated rings. The predicted molar refractivity (Wildman–Crippen MR) is 67.7 cm³/mol. The van der Waals surface area contributed by atoms with Crippen LogP contribution in [-0.2, 0) is 0 Å². The molecule has 0 spiro atoms. The standard InChI is InChI=1S/C13H15FN2O3/c1-7(8-2-3-8)15-13(19)16-9-4-5-10(12(17)18)11(14)6-9/h4-8H,2-3H2,1H3,(H,17,18)(H2,15,16,19). The molecule has 1 atom stereocenters. The highest BCUT2D eigenvalue weighted by Crippen LogP contribution is 2.32. The minimum absolute atomic E-state index is 0.0862. The molecule has 1 saturated carbocycles. The molecule has 2 amide bonds. The normalized spacial score (nSPS) is 15.7. The highest BCUT2D eigenvalue weighted by molar-refractivity contribution is 5.91. The number of amides is 2. The number of anilines is 1. The van der Waals surface area contributed by atoms with E-state index >= 15 is 0 Å². The maximum absolute atomic E-state index is 13.4. The molecule has 1 aliphatic carbocycles. The van der Waals surface area contributed by atoms with Crippen molar-refractivity contribution >= 4 is 17.7 Å². The van der Waals surface area contributed by atoms with Gasteiger partial charge in [0.2, 0.25) is 0 Å². The summed E-state index contributed by atoms with van der Waals surface area (Å²) in [6.45, 7) is 1.92. The van der Waals surface area contributed by atoms with Gasteiger partial charge in [-0.25, -0.2) is 14.0 Å². The Labute approximate surface area is 109 Å². The topological polar surface area (TPSA) is 78.4 Å². The Kier molecular flexibility index (Phi) is 3.69. The van der Waals surface area contributed by atoms with Crippen molar-refractivity contribution in [3.8, 4) is 0 Å². The molecule has 0 heterocycles. The van der Waals surface area contributed by atoms with Gasteiger partial charge in [-0.2, -0.15) is 0 Å². The molecule has 0 bridgehead atoms. The first-order valence-corrected chi connectivity index (χ1v) is 6.07. The fourth-order valence-electron chi connectivity index (χ4n) is 1.85. The number of benzene rings is 1. The molecular formula is C13H15FN2O3. The van der Waals surface area contributed by atoms with Crippen molar-refractivity contribution in [1.29, 1.82) is 0 Å². The van der Waals surface area contributed by atoms with Gasteiger partial charge < -0.3 is 15.7 Å². The van der Waals surface area contributed by atoms with Crippen LogP contribution in [0.3, 0.4) is 0 Å². The largest absolute Gasteiger partial charge is 0.478 e. The Morgan fingerprint density at radius 3 is 2.63 bits per heavy atom. The van der Waals surface area contributed by atoms with Crippen LogP contribution in [0.5, 0.6) is 0 Å². The van der Waals surface area contributed by atoms with Crippen LogP contribution in [0.25, 0.3) is 0 Å². The minimum Gasteiger partial charge on any atom is -0.478 e. The zero-order valence-corrected chi connectivity index (χ0v) is 10.4. The maximum atomic E-state index is 13.4. The van der Waals surface area contributed by atoms with E-state index in [4.69, 9.17) is 5.11 Å². The number of halogens is 1. The third kappa shape index (κ3) is 3.43. The number of urea groups is 1. The summed E-state index contributed by atoms with van der Waals surface area (Å²) in [4.78, 5) is 22.3. The summed E-state index contributed by atoms with van der Waals surface area (Å²) in [7, 11) is 0. The van der Waals surface area contributed by atoms with E-state index in [1.54, 1.807) is 0 Å². The molecule has 0 aliphatic heterocycles. The van der Waals surface area contributed by atoms with Crippen molar-refractivity contribution in [2.24, 2.45) is 5.92 Å². The first kappa shape index (κ1) is 13.3. The second kappa shape index (κ2) is 5.26. The fourth-order valence-corrected chi connectivity index (χ4v) is 1.85. The van der Waals surface area contributed by atoms with Crippen molar-refractivity contribution in [1.82, 2.24) is 5.32 Å². The average molecular weight is 266 g/mol. The number of rotatable bonds is 4. The van der Waals surface area contributed by atoms with E-state index < -0.39 is 23.4 Å². The zero-order valence-electron chi connectivity index (χ0n) is 10.4. The Hall–Kier alpha value is -2.11. The van der Waals surface area contributed by atoms with Crippen LogP contribution >= 0.6 is 0 Å². The lowest BCUT2D eigenvalue weighted by molar-refractivity contribution is 0.0692. The second-order valence-electron chi connectivity index (χ2n) is 4.72. The summed E-state index contributed by atoms with van der Waals surface area (Å²) in [5, 5.41) is 13.9. The van der Waals surface area contributed by atoms with Gasteiger partial charge in [0.05, 0.1) is 5.56 Å². The van der Waals surface area contributed by atoms with E-state index in [2.05, 4.69) is 10.6 Å². The van der Waals surface area contributed by atoms with E-state index in [1.165, 1.54) is 6.07 Å². The quantitative estimate of drug-likeness (QED) is 0.783. The number of carboxylic acids is 1. The molecule has 1 aromatic rings. The number of nitrogens with one attached hydrogen (secondary N) is 2. The van der Waals surface area contributed by atoms with E-state index in [-0.39, 0.29) is 11.7 Å². The van der Waals surface area contributed by atoms with Crippen LogP contribution < -0.4 is 10.6 Å². The van der Waals surface area contributed by atoms with Crippen molar-refractivity contribution < 1.29 is 19.1 Å². The number of hydrogen-bond acceptors (Lipinski definition) is 2. The SMILES string of the molecule is CC(NC(=O)Nc1ccc(C(=O)O)c(F)c1)C1CC1. The van der Waals surface area contributed by atoms with Gasteiger partial charge in [0.1, 0.15) is 5.82 Å². The Bertz CT molecular complexity index is 515. The summed E-state index contributed by atoms with van der Waals surface area (Å²) in [5.41, 5.74) is -0.194. The lowest BCUT2D eigenvalue weighted by Gasteiger charge is -2.13. The van der Waals surface area contributed by atoms with Gasteiger partial charge in [-0.15, -0.1) is 0 Å². The highest BCUT2D eigenvalue weighted by atomic mass is 19.1. The lowest BCUT2D eigenvalue weighted by atomic mass is 10.2. The summed E-state index contributed by atoms with van der Waals surface area (Å²) < 4.78 is 13.4. The first-order chi connectivity index (χ1) is 8.97. The van der Waals surface area contributed by atoms with Crippen LogP contribution in [0.15, 0.2) is 18.2 Å². The Balaban J connectivity index is 1.96. The molecule has 1 unspecified atom stereocenters. The molecule has 102 valence electrons. The van der Waals surface area contributed by atoms with E-state index in [0.29, 0.717) is 5.92 Å². The fraction of sp³-hybridized carbons (Fsp3) is 0.385. The van der Waals surface area contributed by atoms with Gasteiger partial charge in [0.15, 0.2) is 0 Å². The molecule has 0 aromatic heterocycles. The molecule has 3 N–H and O–H groups in total. The third-order valence-electron chi connectivity index (χ3n) is 3.15. The number of aromatic carboxylic acids is 1. The van der Waals surface area contributed by atoms with Crippen molar-refractivity contribution in [3.63, 3.8) is 0 Å². The van der Waals surface area contributed by atoms with Crippen LogP contribution in [0.4, 0.5) is 14.9 Å². The highest BCUT2D eigenvalue weighted by Gasteiger charge is 2.28. The van der Waals surface area contributed by atoms with E-state index in [0.717, 1.165) is 25.0 Å². The summed E-state index contributed by atoms with van der Waals surface area (Å²) in [6.07, 6.45) is 2.23. The van der Waals surface area contributed by atoms with Gasteiger partial charge in [-0.05, 0) is 43.9 Å². The molecule has 19 heavy (non-hydrogen) atoms. The molecule has 0 radical (unpaired) electrons. The average Bonchev–Trinajstić information content (AvgIpc) is 3.11. The maximum Gasteiger partial charge on any atom is 0.338 e. The smallest absolute Gasteiger partial charge is 0.338 e. The number of hydrogen-bond donors (Lipinski definition) is 3. The number of carboxylic acid groups (broad SMARTS) is 1. The Morgan fingerprint density at radius 2 is 2.11 bits per heavy atom. The minimum atomic E-state index is -1.34. The van der Waals surface area contributed by atoms with Gasteiger partial charge in [0, 0.05) is 11.7 Å². The molecule has 1 aromatic carbocycles. The zero-order chi connectivity index (χ0) is 14.0. The van der Waals surface area contributed by atoms with Gasteiger partial charge >= 0.3 is 12.0 Å². The van der Waals surface area contributed by atoms with Crippen molar-refractivity contribution in [2.75, 3.05) is 5.32 Å². The van der Waals surface area contributed by atoms with Gasteiger partial charge in [-0.1, -0.05) is 0 Å². The summed E-state index contributed by atoms with van der Waals surface area (Å²) in [5.74, 6) is -1.69. The molecule has 0 saturated heterocycles. The molecule has 1 aliphatic rings. The molecule has 5 nitrogen and oxygen atoms in total. The van der Waals surface area contributed by atoms with Crippen molar-refractivity contribution in [2.45, 2.75) is 25.8 Å². The van der Waals surface area contributed by atoms with Gasteiger partial charge in [0.25, 0.3) is 0 Å². The third-order valence-corrected chi connectivity index (χ3v) is 3.15. The number of carbonyl (C=O) groups excluding carboxylic acids is 1. The van der Waals surface area contributed by atoms with Crippen LogP contribution in [0, 0.1) is 11.7 Å². The van der Waals surface area contributed by atoms with E-state index in [9.17, 15) is 14.0 Å². The first-order valence-electron chi connectivity index (χ1n) is 6.07. The number of carbonyl (C=O) groups is 2. The van der Waals surface area contributed by atoms with Crippen LogP contribution in [-0.4, -0.2) is 23.1 Å². The monoisotopic (exact) mass is 266 g/mol. The van der Waals surface area contributed by atoms with Gasteiger partial charge in [-0.3, -0.25) is 0 Å². The van der Waals surface area contributed by atoms with Crippen LogP contribution in [0.1, 0.15) is 30.1 Å². The predicted octanol–water partition coefficient (Wildman–Crippen LogP) is 2.44. The van der Waals surface area contributed by atoms with E-state index in [1.807, 2.05) is 6.92 Å². The molecule has 6 heteroatoms. The molecular weight excluding hydrogens is 251 g/mol. The Morgan fingerprint density at radius 1 is 1.42 bits per heavy atom. The lowest BCUT2D eigenvalue weighted by Crippen LogP contribution is -2.37. The summed E-state index contributed by atoms with van der Waals surface area (Å²) >= 11 is 0. The second-order valence-corrected chi connectivity index (χ2v) is 4.72.